The molecular formula is C18H25N5O3. The summed E-state index contributed by atoms with van der Waals surface area (Å²) < 4.78 is 9.01. The molecule has 4 rings (SSSR count). The monoisotopic (exact) mass is 359 g/mol. The van der Waals surface area contributed by atoms with Gasteiger partial charge >= 0.3 is 6.09 Å². The van der Waals surface area contributed by atoms with Gasteiger partial charge < -0.3 is 4.74 Å². The molecule has 2 aliphatic rings. The van der Waals surface area contributed by atoms with E-state index in [-0.39, 0.29) is 18.2 Å². The minimum absolute atomic E-state index is 0.0712. The van der Waals surface area contributed by atoms with Crippen molar-refractivity contribution in [3.63, 3.8) is 0 Å². The third-order valence-corrected chi connectivity index (χ3v) is 5.04. The summed E-state index contributed by atoms with van der Waals surface area (Å²) in [5, 5.41) is 5.01. The Labute approximate surface area is 151 Å². The lowest BCUT2D eigenvalue weighted by atomic mass is 10.2. The van der Waals surface area contributed by atoms with Crippen molar-refractivity contribution in [1.82, 2.24) is 24.2 Å². The van der Waals surface area contributed by atoms with E-state index in [1.165, 1.54) is 12.8 Å². The van der Waals surface area contributed by atoms with Crippen molar-refractivity contribution in [2.45, 2.75) is 71.2 Å². The third-order valence-electron chi connectivity index (χ3n) is 5.04. The van der Waals surface area contributed by atoms with Gasteiger partial charge in [0.05, 0.1) is 18.8 Å². The number of nitrogens with zero attached hydrogens (tertiary/aromatic N) is 5. The Hall–Kier alpha value is -2.38. The van der Waals surface area contributed by atoms with Crippen LogP contribution in [0.3, 0.4) is 0 Å². The predicted molar refractivity (Wildman–Crippen MR) is 95.9 cm³/mol. The first kappa shape index (κ1) is 17.1. The fraction of sp³-hybridized carbons (Fsp3) is 0.667. The number of hydrogen-bond acceptors (Lipinski definition) is 5. The van der Waals surface area contributed by atoms with E-state index >= 15 is 0 Å². The number of ether oxygens (including phenoxy) is 1. The van der Waals surface area contributed by atoms with E-state index in [1.54, 1.807) is 15.7 Å². The van der Waals surface area contributed by atoms with Gasteiger partial charge in [-0.3, -0.25) is 14.3 Å². The molecule has 8 heteroatoms. The Morgan fingerprint density at radius 1 is 1.23 bits per heavy atom. The van der Waals surface area contributed by atoms with Gasteiger partial charge in [0, 0.05) is 13.1 Å². The molecule has 1 aliphatic heterocycles. The van der Waals surface area contributed by atoms with Gasteiger partial charge in [0.25, 0.3) is 5.56 Å². The highest BCUT2D eigenvalue weighted by Crippen LogP contribution is 2.30. The average molecular weight is 359 g/mol. The molecule has 1 aliphatic carbocycles. The Morgan fingerprint density at radius 3 is 2.65 bits per heavy atom. The molecule has 3 heterocycles. The SMILES string of the molecule is CC(C)(C)OC(=O)N1CCn2c(nc3c(cnn3C3CCCC3)c2=O)C1. The van der Waals surface area contributed by atoms with Crippen molar-refractivity contribution in [2.24, 2.45) is 0 Å². The molecular weight excluding hydrogens is 334 g/mol. The summed E-state index contributed by atoms with van der Waals surface area (Å²) in [4.78, 5) is 31.5. The number of carbonyl (C=O) groups excluding carboxylic acids is 1. The molecule has 0 bridgehead atoms. The molecule has 0 N–H and O–H groups in total. The van der Waals surface area contributed by atoms with Crippen LogP contribution in [0.15, 0.2) is 11.0 Å². The number of carbonyl (C=O) groups is 1. The van der Waals surface area contributed by atoms with E-state index in [9.17, 15) is 9.59 Å². The highest BCUT2D eigenvalue weighted by molar-refractivity contribution is 5.74. The second kappa shape index (κ2) is 6.10. The van der Waals surface area contributed by atoms with Gasteiger partial charge in [0.2, 0.25) is 0 Å². The van der Waals surface area contributed by atoms with Crippen LogP contribution in [0.2, 0.25) is 0 Å². The van der Waals surface area contributed by atoms with Gasteiger partial charge in [-0.25, -0.2) is 14.5 Å². The van der Waals surface area contributed by atoms with Gasteiger partial charge in [0.15, 0.2) is 5.65 Å². The van der Waals surface area contributed by atoms with E-state index in [2.05, 4.69) is 5.10 Å². The Balaban J connectivity index is 1.68. The molecule has 1 saturated carbocycles. The first-order valence-corrected chi connectivity index (χ1v) is 9.28. The lowest BCUT2D eigenvalue weighted by Crippen LogP contribution is -2.44. The summed E-state index contributed by atoms with van der Waals surface area (Å²) >= 11 is 0. The summed E-state index contributed by atoms with van der Waals surface area (Å²) in [6.45, 7) is 6.66. The smallest absolute Gasteiger partial charge is 0.410 e. The zero-order valence-corrected chi connectivity index (χ0v) is 15.6. The second-order valence-corrected chi connectivity index (χ2v) is 8.15. The minimum atomic E-state index is -0.549. The lowest BCUT2D eigenvalue weighted by molar-refractivity contribution is 0.0192. The van der Waals surface area contributed by atoms with Crippen LogP contribution >= 0.6 is 0 Å². The minimum Gasteiger partial charge on any atom is -0.444 e. The Morgan fingerprint density at radius 2 is 1.96 bits per heavy atom. The largest absolute Gasteiger partial charge is 0.444 e. The maximum absolute atomic E-state index is 12.8. The second-order valence-electron chi connectivity index (χ2n) is 8.15. The van der Waals surface area contributed by atoms with Crippen LogP contribution in [0, 0.1) is 0 Å². The lowest BCUT2D eigenvalue weighted by Gasteiger charge is -2.31. The highest BCUT2D eigenvalue weighted by Gasteiger charge is 2.29. The number of hydrogen-bond donors (Lipinski definition) is 0. The van der Waals surface area contributed by atoms with Crippen molar-refractivity contribution < 1.29 is 9.53 Å². The third kappa shape index (κ3) is 2.97. The maximum Gasteiger partial charge on any atom is 0.410 e. The molecule has 0 aromatic carbocycles. The van der Waals surface area contributed by atoms with Gasteiger partial charge in [-0.2, -0.15) is 5.10 Å². The van der Waals surface area contributed by atoms with Crippen molar-refractivity contribution in [3.05, 3.63) is 22.4 Å². The molecule has 0 radical (unpaired) electrons. The van der Waals surface area contributed by atoms with Crippen LogP contribution in [0.4, 0.5) is 4.79 Å². The van der Waals surface area contributed by atoms with Crippen LogP contribution < -0.4 is 5.56 Å². The molecule has 26 heavy (non-hydrogen) atoms. The molecule has 0 unspecified atom stereocenters. The molecule has 2 aromatic heterocycles. The summed E-state index contributed by atoms with van der Waals surface area (Å²) in [6, 6.07) is 0.313. The molecule has 2 aromatic rings. The fourth-order valence-corrected chi connectivity index (χ4v) is 3.78. The quantitative estimate of drug-likeness (QED) is 0.781. The van der Waals surface area contributed by atoms with E-state index in [4.69, 9.17) is 9.72 Å². The van der Waals surface area contributed by atoms with Gasteiger partial charge in [0.1, 0.15) is 16.8 Å². The Kier molecular flexibility index (Phi) is 4.00. The zero-order chi connectivity index (χ0) is 18.5. The predicted octanol–water partition coefficient (Wildman–Crippen LogP) is 2.46. The van der Waals surface area contributed by atoms with Gasteiger partial charge in [-0.1, -0.05) is 12.8 Å². The number of aromatic nitrogens is 4. The zero-order valence-electron chi connectivity index (χ0n) is 15.6. The normalized spacial score (nSPS) is 18.3. The summed E-state index contributed by atoms with van der Waals surface area (Å²) in [5.74, 6) is 0.597. The number of rotatable bonds is 1. The van der Waals surface area contributed by atoms with Crippen LogP contribution in [0.1, 0.15) is 58.3 Å². The van der Waals surface area contributed by atoms with E-state index in [1.807, 2.05) is 25.5 Å². The van der Waals surface area contributed by atoms with Crippen LogP contribution in [0.25, 0.3) is 11.0 Å². The standard InChI is InChI=1S/C18H25N5O3/c1-18(2,3)26-17(25)21-8-9-22-14(11-21)20-15-13(16(22)24)10-19-23(15)12-6-4-5-7-12/h10,12H,4-9,11H2,1-3H3. The van der Waals surface area contributed by atoms with Gasteiger partial charge in [-0.05, 0) is 33.6 Å². The summed E-state index contributed by atoms with van der Waals surface area (Å²) in [7, 11) is 0. The fourth-order valence-electron chi connectivity index (χ4n) is 3.78. The first-order chi connectivity index (χ1) is 12.3. The molecule has 0 spiro atoms. The van der Waals surface area contributed by atoms with Gasteiger partial charge in [-0.15, -0.1) is 0 Å². The maximum atomic E-state index is 12.8. The molecule has 0 atom stereocenters. The summed E-state index contributed by atoms with van der Waals surface area (Å²) in [6.07, 6.45) is 5.77. The van der Waals surface area contributed by atoms with Crippen LogP contribution in [-0.2, 0) is 17.8 Å². The highest BCUT2D eigenvalue weighted by atomic mass is 16.6. The molecule has 0 saturated heterocycles. The molecule has 140 valence electrons. The van der Waals surface area contributed by atoms with E-state index in [0.717, 1.165) is 12.8 Å². The topological polar surface area (TPSA) is 82.2 Å². The molecule has 1 amide bonds. The van der Waals surface area contributed by atoms with Crippen molar-refractivity contribution >= 4 is 17.1 Å². The van der Waals surface area contributed by atoms with Crippen molar-refractivity contribution in [2.75, 3.05) is 6.54 Å². The molecule has 1 fully saturated rings. The average Bonchev–Trinajstić information content (AvgIpc) is 3.21. The summed E-state index contributed by atoms with van der Waals surface area (Å²) in [5.41, 5.74) is 0.0180. The van der Waals surface area contributed by atoms with Crippen LogP contribution in [0.5, 0.6) is 0 Å². The van der Waals surface area contributed by atoms with E-state index < -0.39 is 5.60 Å². The Bertz CT molecular complexity index is 902. The molecule has 8 nitrogen and oxygen atoms in total. The van der Waals surface area contributed by atoms with E-state index in [0.29, 0.717) is 36.0 Å². The van der Waals surface area contributed by atoms with Crippen molar-refractivity contribution in [3.8, 4) is 0 Å². The first-order valence-electron chi connectivity index (χ1n) is 9.28. The number of amides is 1. The van der Waals surface area contributed by atoms with Crippen LogP contribution in [-0.4, -0.2) is 42.5 Å². The number of fused-ring (bicyclic) bond motifs is 2. The van der Waals surface area contributed by atoms with Crippen molar-refractivity contribution in [1.29, 1.82) is 0 Å².